The van der Waals surface area contributed by atoms with Crippen LogP contribution in [0.4, 0.5) is 14.5 Å². The van der Waals surface area contributed by atoms with Gasteiger partial charge in [-0.3, -0.25) is 0 Å². The lowest BCUT2D eigenvalue weighted by atomic mass is 10.3. The fourth-order valence-electron chi connectivity index (χ4n) is 0.864. The quantitative estimate of drug-likeness (QED) is 0.646. The van der Waals surface area contributed by atoms with Crippen LogP contribution in [-0.4, -0.2) is 5.84 Å². The molecule has 0 saturated heterocycles. The molecule has 0 radical (unpaired) electrons. The lowest BCUT2D eigenvalue weighted by molar-refractivity contribution is 0.583. The van der Waals surface area contributed by atoms with Gasteiger partial charge in [-0.15, -0.1) is 0 Å². The Bertz CT molecular complexity index is 354. The Morgan fingerprint density at radius 1 is 1.50 bits per heavy atom. The predicted molar refractivity (Wildman–Crippen MR) is 55.6 cm³/mol. The van der Waals surface area contributed by atoms with Crippen LogP contribution in [0.3, 0.4) is 0 Å². The van der Waals surface area contributed by atoms with E-state index >= 15 is 0 Å². The summed E-state index contributed by atoms with van der Waals surface area (Å²) in [6, 6.07) is 1.91. The lowest BCUT2D eigenvalue weighted by Crippen LogP contribution is -2.08. The first-order valence-electron chi connectivity index (χ1n) is 4.02. The summed E-state index contributed by atoms with van der Waals surface area (Å²) in [4.78, 5) is 3.82. The van der Waals surface area contributed by atoms with E-state index in [4.69, 9.17) is 5.73 Å². The van der Waals surface area contributed by atoms with Crippen molar-refractivity contribution in [2.75, 3.05) is 0 Å². The smallest absolute Gasteiger partial charge is 0.152 e. The molecule has 14 heavy (non-hydrogen) atoms. The molecule has 0 amide bonds. The van der Waals surface area contributed by atoms with Crippen molar-refractivity contribution in [2.24, 2.45) is 10.7 Å². The van der Waals surface area contributed by atoms with Gasteiger partial charge in [0.25, 0.3) is 0 Å². The minimum atomic E-state index is -0.728. The van der Waals surface area contributed by atoms with Gasteiger partial charge in [0.1, 0.15) is 11.5 Å². The molecule has 0 spiro atoms. The third-order valence-corrected chi connectivity index (χ3v) is 2.20. The molecule has 1 aromatic rings. The summed E-state index contributed by atoms with van der Waals surface area (Å²) in [5.41, 5.74) is 5.48. The molecule has 0 atom stereocenters. The molecule has 0 bridgehead atoms. The van der Waals surface area contributed by atoms with Crippen molar-refractivity contribution in [3.8, 4) is 0 Å². The molecule has 2 nitrogen and oxygen atoms in total. The van der Waals surface area contributed by atoms with Crippen molar-refractivity contribution in [2.45, 2.75) is 13.3 Å². The van der Waals surface area contributed by atoms with Crippen LogP contribution in [0.25, 0.3) is 0 Å². The predicted octanol–water partition coefficient (Wildman–Crippen LogP) is 3.13. The molecule has 0 aliphatic heterocycles. The van der Waals surface area contributed by atoms with E-state index in [-0.39, 0.29) is 10.2 Å². The van der Waals surface area contributed by atoms with Crippen LogP contribution in [0.1, 0.15) is 13.3 Å². The molecule has 0 unspecified atom stereocenters. The first-order chi connectivity index (χ1) is 6.54. The van der Waals surface area contributed by atoms with Crippen molar-refractivity contribution in [1.29, 1.82) is 0 Å². The minimum absolute atomic E-state index is 0.0331. The van der Waals surface area contributed by atoms with E-state index in [1.807, 2.05) is 0 Å². The number of hydrogen-bond donors (Lipinski definition) is 1. The average Bonchev–Trinajstić information content (AvgIpc) is 2.10. The van der Waals surface area contributed by atoms with Gasteiger partial charge < -0.3 is 5.73 Å². The third kappa shape index (κ3) is 2.51. The van der Waals surface area contributed by atoms with Gasteiger partial charge >= 0.3 is 0 Å². The normalized spacial score (nSPS) is 11.9. The van der Waals surface area contributed by atoms with Crippen molar-refractivity contribution in [1.82, 2.24) is 0 Å². The zero-order valence-corrected chi connectivity index (χ0v) is 9.11. The molecule has 0 aromatic heterocycles. The second-order valence-electron chi connectivity index (χ2n) is 2.67. The van der Waals surface area contributed by atoms with E-state index in [0.29, 0.717) is 12.3 Å². The Labute approximate surface area is 89.0 Å². The van der Waals surface area contributed by atoms with E-state index in [2.05, 4.69) is 20.9 Å². The van der Waals surface area contributed by atoms with E-state index in [0.717, 1.165) is 12.1 Å². The summed E-state index contributed by atoms with van der Waals surface area (Å²) in [5, 5.41) is 0. The monoisotopic (exact) mass is 262 g/mol. The van der Waals surface area contributed by atoms with Crippen LogP contribution in [0, 0.1) is 11.6 Å². The Morgan fingerprint density at radius 3 is 2.64 bits per heavy atom. The van der Waals surface area contributed by atoms with Gasteiger partial charge in [-0.1, -0.05) is 6.92 Å². The van der Waals surface area contributed by atoms with Gasteiger partial charge in [0, 0.05) is 17.0 Å². The van der Waals surface area contributed by atoms with Crippen LogP contribution in [0.2, 0.25) is 0 Å². The van der Waals surface area contributed by atoms with E-state index in [9.17, 15) is 8.78 Å². The Kier molecular flexibility index (Phi) is 3.57. The summed E-state index contributed by atoms with van der Waals surface area (Å²) >= 11 is 3.01. The van der Waals surface area contributed by atoms with Crippen molar-refractivity contribution < 1.29 is 8.78 Å². The van der Waals surface area contributed by atoms with E-state index in [1.54, 1.807) is 6.92 Å². The molecule has 1 rings (SSSR count). The maximum absolute atomic E-state index is 13.2. The summed E-state index contributed by atoms with van der Waals surface area (Å²) in [7, 11) is 0. The molecular weight excluding hydrogens is 254 g/mol. The standard InChI is InChI=1S/C9H9BrF2N2/c1-2-8(13)14-9-6(10)3-5(11)4-7(9)12/h3-4H,2H2,1H3,(H2,13,14). The first kappa shape index (κ1) is 11.1. The molecule has 2 N–H and O–H groups in total. The summed E-state index contributed by atoms with van der Waals surface area (Å²) in [6.45, 7) is 1.80. The van der Waals surface area contributed by atoms with Crippen molar-refractivity contribution >= 4 is 27.5 Å². The molecule has 76 valence electrons. The maximum Gasteiger partial charge on any atom is 0.152 e. The van der Waals surface area contributed by atoms with Gasteiger partial charge in [-0.2, -0.15) is 0 Å². The van der Waals surface area contributed by atoms with E-state index < -0.39 is 11.6 Å². The molecule has 0 heterocycles. The highest BCUT2D eigenvalue weighted by Crippen LogP contribution is 2.29. The molecular formula is C9H9BrF2N2. The highest BCUT2D eigenvalue weighted by atomic mass is 79.9. The second-order valence-corrected chi connectivity index (χ2v) is 3.53. The van der Waals surface area contributed by atoms with Crippen molar-refractivity contribution in [3.63, 3.8) is 0 Å². The zero-order chi connectivity index (χ0) is 10.7. The number of rotatable bonds is 2. The number of benzene rings is 1. The SMILES string of the molecule is CCC(N)=Nc1c(F)cc(F)cc1Br. The summed E-state index contributed by atoms with van der Waals surface area (Å²) < 4.78 is 26.1. The van der Waals surface area contributed by atoms with Crippen molar-refractivity contribution in [3.05, 3.63) is 28.2 Å². The molecule has 0 saturated carbocycles. The van der Waals surface area contributed by atoms with Crippen LogP contribution in [0.5, 0.6) is 0 Å². The van der Waals surface area contributed by atoms with Crippen LogP contribution < -0.4 is 5.73 Å². The number of nitrogens with two attached hydrogens (primary N) is 1. The summed E-state index contributed by atoms with van der Waals surface area (Å²) in [5.74, 6) is -1.08. The largest absolute Gasteiger partial charge is 0.387 e. The number of hydrogen-bond acceptors (Lipinski definition) is 1. The summed E-state index contributed by atoms with van der Waals surface area (Å²) in [6.07, 6.45) is 0.517. The van der Waals surface area contributed by atoms with Gasteiger partial charge in [0.05, 0.1) is 5.84 Å². The lowest BCUT2D eigenvalue weighted by Gasteiger charge is -2.02. The first-order valence-corrected chi connectivity index (χ1v) is 4.81. The highest BCUT2D eigenvalue weighted by molar-refractivity contribution is 9.10. The van der Waals surface area contributed by atoms with Crippen LogP contribution >= 0.6 is 15.9 Å². The van der Waals surface area contributed by atoms with Gasteiger partial charge in [0.15, 0.2) is 5.82 Å². The average molecular weight is 263 g/mol. The third-order valence-electron chi connectivity index (χ3n) is 1.60. The van der Waals surface area contributed by atoms with Crippen LogP contribution in [0.15, 0.2) is 21.6 Å². The van der Waals surface area contributed by atoms with Gasteiger partial charge in [-0.25, -0.2) is 13.8 Å². The number of aliphatic imine (C=N–C) groups is 1. The van der Waals surface area contributed by atoms with Crippen LogP contribution in [-0.2, 0) is 0 Å². The second kappa shape index (κ2) is 4.50. The zero-order valence-electron chi connectivity index (χ0n) is 7.52. The molecule has 0 aliphatic carbocycles. The molecule has 5 heteroatoms. The Balaban J connectivity index is 3.21. The topological polar surface area (TPSA) is 38.4 Å². The number of amidine groups is 1. The molecule has 0 fully saturated rings. The Hall–Kier alpha value is -0.970. The molecule has 1 aromatic carbocycles. The fraction of sp³-hybridized carbons (Fsp3) is 0.222. The molecule has 0 aliphatic rings. The van der Waals surface area contributed by atoms with E-state index in [1.165, 1.54) is 0 Å². The Morgan fingerprint density at radius 2 is 2.14 bits per heavy atom. The maximum atomic E-state index is 13.2. The minimum Gasteiger partial charge on any atom is -0.387 e. The van der Waals surface area contributed by atoms with Gasteiger partial charge in [-0.05, 0) is 22.0 Å². The van der Waals surface area contributed by atoms with Gasteiger partial charge in [0.2, 0.25) is 0 Å². The number of halogens is 3. The highest BCUT2D eigenvalue weighted by Gasteiger charge is 2.08. The fourth-order valence-corrected chi connectivity index (χ4v) is 1.36. The number of nitrogens with zero attached hydrogens (tertiary/aromatic N) is 1.